The first kappa shape index (κ1) is 23.8. The summed E-state index contributed by atoms with van der Waals surface area (Å²) in [5, 5.41) is 0. The van der Waals surface area contributed by atoms with Crippen LogP contribution in [0.1, 0.15) is 116 Å². The van der Waals surface area contributed by atoms with Gasteiger partial charge >= 0.3 is 0 Å². The highest BCUT2D eigenvalue weighted by molar-refractivity contribution is 4.92. The Morgan fingerprint density at radius 3 is 1.75 bits per heavy atom. The number of allylic oxidation sites excluding steroid dienone is 1. The molecule has 0 aromatic rings. The van der Waals surface area contributed by atoms with E-state index in [1.807, 2.05) is 0 Å². The highest BCUT2D eigenvalue weighted by Gasteiger charge is 2.30. The van der Waals surface area contributed by atoms with Crippen molar-refractivity contribution < 1.29 is 13.5 Å². The minimum absolute atomic E-state index is 0.122. The maximum atomic E-state index is 12.4. The molecule has 164 valence electrons. The Balaban J connectivity index is 1.44. The van der Waals surface area contributed by atoms with Crippen LogP contribution >= 0.6 is 0 Å². The van der Waals surface area contributed by atoms with Gasteiger partial charge in [0.2, 0.25) is 0 Å². The van der Waals surface area contributed by atoms with Crippen molar-refractivity contribution in [3.8, 4) is 0 Å². The number of hydrogen-bond acceptors (Lipinski definition) is 1. The van der Waals surface area contributed by atoms with Gasteiger partial charge in [0.1, 0.15) is 0 Å². The molecular formula is C25H44F2O. The quantitative estimate of drug-likeness (QED) is 0.282. The van der Waals surface area contributed by atoms with Gasteiger partial charge in [0, 0.05) is 6.61 Å². The topological polar surface area (TPSA) is 9.23 Å². The van der Waals surface area contributed by atoms with Crippen molar-refractivity contribution in [2.75, 3.05) is 6.61 Å². The molecule has 2 fully saturated rings. The van der Waals surface area contributed by atoms with Gasteiger partial charge in [-0.2, -0.15) is 8.78 Å². The van der Waals surface area contributed by atoms with Crippen molar-refractivity contribution in [2.45, 2.75) is 122 Å². The Bertz CT molecular complexity index is 403. The third kappa shape index (κ3) is 9.85. The largest absolute Gasteiger partial charge is 0.378 e. The van der Waals surface area contributed by atoms with E-state index < -0.39 is 6.08 Å². The molecule has 0 radical (unpaired) electrons. The Morgan fingerprint density at radius 2 is 1.21 bits per heavy atom. The van der Waals surface area contributed by atoms with Crippen LogP contribution in [-0.2, 0) is 4.74 Å². The highest BCUT2D eigenvalue weighted by atomic mass is 19.3. The van der Waals surface area contributed by atoms with E-state index in [4.69, 9.17) is 4.74 Å². The van der Waals surface area contributed by atoms with Gasteiger partial charge in [-0.1, -0.05) is 58.3 Å². The van der Waals surface area contributed by atoms with Crippen LogP contribution in [0.2, 0.25) is 0 Å². The molecule has 0 aromatic heterocycles. The summed E-state index contributed by atoms with van der Waals surface area (Å²) in [6.07, 6.45) is 21.6. The second-order valence-corrected chi connectivity index (χ2v) is 9.37. The fraction of sp³-hybridized carbons (Fsp3) is 0.920. The predicted molar refractivity (Wildman–Crippen MR) is 115 cm³/mol. The van der Waals surface area contributed by atoms with Gasteiger partial charge in [-0.3, -0.25) is 0 Å². The van der Waals surface area contributed by atoms with Gasteiger partial charge in [0.15, 0.2) is 0 Å². The van der Waals surface area contributed by atoms with E-state index in [0.717, 1.165) is 44.1 Å². The standard InChI is InChI=1S/C25H44F2O/c1-2-3-4-5-6-7-8-9-10-19-28-24-17-15-23(16-18-24)22-13-11-21(12-14-22)20-25(26)27/h20-24H,2-19H2,1H3. The molecule has 2 saturated carbocycles. The molecule has 2 aliphatic carbocycles. The van der Waals surface area contributed by atoms with E-state index in [2.05, 4.69) is 6.92 Å². The van der Waals surface area contributed by atoms with Crippen LogP contribution in [0.3, 0.4) is 0 Å². The van der Waals surface area contributed by atoms with E-state index in [1.54, 1.807) is 0 Å². The first-order valence-corrected chi connectivity index (χ1v) is 12.3. The van der Waals surface area contributed by atoms with Crippen LogP contribution in [0.15, 0.2) is 12.2 Å². The molecular weight excluding hydrogens is 354 g/mol. The lowest BCUT2D eigenvalue weighted by molar-refractivity contribution is 0.00590. The lowest BCUT2D eigenvalue weighted by atomic mass is 9.70. The van der Waals surface area contributed by atoms with Crippen LogP contribution in [0.25, 0.3) is 0 Å². The summed E-state index contributed by atoms with van der Waals surface area (Å²) in [6, 6.07) is 0. The van der Waals surface area contributed by atoms with Crippen LogP contribution in [0.5, 0.6) is 0 Å². The summed E-state index contributed by atoms with van der Waals surface area (Å²) >= 11 is 0. The molecule has 3 heteroatoms. The van der Waals surface area contributed by atoms with Gasteiger partial charge in [0.25, 0.3) is 6.08 Å². The van der Waals surface area contributed by atoms with Gasteiger partial charge in [-0.15, -0.1) is 0 Å². The fourth-order valence-electron chi connectivity index (χ4n) is 5.35. The number of ether oxygens (including phenoxy) is 1. The van der Waals surface area contributed by atoms with Gasteiger partial charge in [-0.25, -0.2) is 0 Å². The Hall–Kier alpha value is -0.440. The van der Waals surface area contributed by atoms with E-state index in [9.17, 15) is 8.78 Å². The number of halogens is 2. The first-order valence-electron chi connectivity index (χ1n) is 12.3. The smallest absolute Gasteiger partial charge is 0.266 e. The van der Waals surface area contributed by atoms with Crippen LogP contribution in [0.4, 0.5) is 8.78 Å². The maximum Gasteiger partial charge on any atom is 0.266 e. The Labute approximate surface area is 172 Å². The van der Waals surface area contributed by atoms with Crippen molar-refractivity contribution >= 4 is 0 Å². The Morgan fingerprint density at radius 1 is 0.714 bits per heavy atom. The molecule has 2 rings (SSSR count). The molecule has 0 bridgehead atoms. The summed E-state index contributed by atoms with van der Waals surface area (Å²) in [5.41, 5.74) is 0. The van der Waals surface area contributed by atoms with Crippen LogP contribution in [0, 0.1) is 17.8 Å². The third-order valence-corrected chi connectivity index (χ3v) is 7.17. The van der Waals surface area contributed by atoms with E-state index in [-0.39, 0.29) is 5.92 Å². The molecule has 0 aromatic carbocycles. The fourth-order valence-corrected chi connectivity index (χ4v) is 5.35. The zero-order chi connectivity index (χ0) is 20.0. The average Bonchev–Trinajstić information content (AvgIpc) is 2.70. The van der Waals surface area contributed by atoms with Crippen molar-refractivity contribution in [2.24, 2.45) is 17.8 Å². The lowest BCUT2D eigenvalue weighted by Gasteiger charge is -2.37. The molecule has 28 heavy (non-hydrogen) atoms. The molecule has 0 unspecified atom stereocenters. The summed E-state index contributed by atoms with van der Waals surface area (Å²) in [5.74, 6) is 1.70. The SMILES string of the molecule is CCCCCCCCCCCOC1CCC(C2CCC(C=C(F)F)CC2)CC1. The van der Waals surface area contributed by atoms with Crippen molar-refractivity contribution in [1.82, 2.24) is 0 Å². The zero-order valence-electron chi connectivity index (χ0n) is 18.3. The van der Waals surface area contributed by atoms with Crippen LogP contribution in [-0.4, -0.2) is 12.7 Å². The Kier molecular flexibility index (Phi) is 12.4. The molecule has 0 aliphatic heterocycles. The summed E-state index contributed by atoms with van der Waals surface area (Å²) in [7, 11) is 0. The van der Waals surface area contributed by atoms with Crippen molar-refractivity contribution in [3.63, 3.8) is 0 Å². The highest BCUT2D eigenvalue weighted by Crippen LogP contribution is 2.41. The van der Waals surface area contributed by atoms with Gasteiger partial charge in [0.05, 0.1) is 6.10 Å². The van der Waals surface area contributed by atoms with Gasteiger partial charge < -0.3 is 4.74 Å². The third-order valence-electron chi connectivity index (χ3n) is 7.17. The number of unbranched alkanes of at least 4 members (excludes halogenated alkanes) is 8. The minimum atomic E-state index is -1.49. The summed E-state index contributed by atoms with van der Waals surface area (Å²) in [6.45, 7) is 3.21. The number of hydrogen-bond donors (Lipinski definition) is 0. The maximum absolute atomic E-state index is 12.4. The molecule has 0 saturated heterocycles. The lowest BCUT2D eigenvalue weighted by Crippen LogP contribution is -2.28. The van der Waals surface area contributed by atoms with E-state index >= 15 is 0 Å². The molecule has 0 heterocycles. The molecule has 0 N–H and O–H groups in total. The van der Waals surface area contributed by atoms with E-state index in [1.165, 1.54) is 89.5 Å². The average molecular weight is 399 g/mol. The normalized spacial score (nSPS) is 28.2. The molecule has 0 spiro atoms. The second-order valence-electron chi connectivity index (χ2n) is 9.37. The van der Waals surface area contributed by atoms with E-state index in [0.29, 0.717) is 6.10 Å². The molecule has 1 nitrogen and oxygen atoms in total. The van der Waals surface area contributed by atoms with Crippen LogP contribution < -0.4 is 0 Å². The molecule has 0 atom stereocenters. The minimum Gasteiger partial charge on any atom is -0.378 e. The predicted octanol–water partition coefficient (Wildman–Crippen LogP) is 8.68. The first-order chi connectivity index (χ1) is 13.7. The molecule has 0 amide bonds. The second kappa shape index (κ2) is 14.5. The monoisotopic (exact) mass is 398 g/mol. The molecule has 2 aliphatic rings. The van der Waals surface area contributed by atoms with Crippen molar-refractivity contribution in [3.05, 3.63) is 12.2 Å². The summed E-state index contributed by atoms with van der Waals surface area (Å²) in [4.78, 5) is 0. The number of rotatable bonds is 13. The zero-order valence-corrected chi connectivity index (χ0v) is 18.3. The van der Waals surface area contributed by atoms with Crippen molar-refractivity contribution in [1.29, 1.82) is 0 Å². The summed E-state index contributed by atoms with van der Waals surface area (Å²) < 4.78 is 31.0. The van der Waals surface area contributed by atoms with Gasteiger partial charge in [-0.05, 0) is 81.6 Å².